The number of hydrogen-bond donors (Lipinski definition) is 1. The SMILES string of the molecule is COc1ccccc1N1CC(C(=O)N2CCC(CN)C2)CC1=O.Cl. The number of nitrogens with zero attached hydrogens (tertiary/aromatic N) is 2. The summed E-state index contributed by atoms with van der Waals surface area (Å²) in [7, 11) is 1.58. The van der Waals surface area contributed by atoms with Crippen LogP contribution in [0.2, 0.25) is 0 Å². The second kappa shape index (κ2) is 7.85. The zero-order chi connectivity index (χ0) is 16.4. The molecule has 1 aromatic carbocycles. The number of amides is 2. The number of ether oxygens (including phenoxy) is 1. The van der Waals surface area contributed by atoms with E-state index in [-0.39, 0.29) is 36.6 Å². The van der Waals surface area contributed by atoms with Gasteiger partial charge in [0.2, 0.25) is 11.8 Å². The lowest BCUT2D eigenvalue weighted by atomic mass is 10.1. The van der Waals surface area contributed by atoms with Gasteiger partial charge in [0.05, 0.1) is 18.7 Å². The van der Waals surface area contributed by atoms with Gasteiger partial charge in [-0.2, -0.15) is 0 Å². The number of carbonyl (C=O) groups excluding carboxylic acids is 2. The number of hydrogen-bond acceptors (Lipinski definition) is 4. The first-order chi connectivity index (χ1) is 11.1. The lowest BCUT2D eigenvalue weighted by molar-refractivity contribution is -0.134. The number of nitrogens with two attached hydrogens (primary N) is 1. The van der Waals surface area contributed by atoms with E-state index in [1.54, 1.807) is 12.0 Å². The van der Waals surface area contributed by atoms with Gasteiger partial charge in [-0.25, -0.2) is 0 Å². The van der Waals surface area contributed by atoms with Crippen molar-refractivity contribution in [2.75, 3.05) is 38.2 Å². The minimum absolute atomic E-state index is 0. The molecule has 132 valence electrons. The minimum Gasteiger partial charge on any atom is -0.495 e. The van der Waals surface area contributed by atoms with Crippen LogP contribution in [0.4, 0.5) is 5.69 Å². The molecule has 24 heavy (non-hydrogen) atoms. The van der Waals surface area contributed by atoms with E-state index in [1.807, 2.05) is 29.2 Å². The Morgan fingerprint density at radius 3 is 2.75 bits per heavy atom. The number of carbonyl (C=O) groups is 2. The number of rotatable bonds is 4. The van der Waals surface area contributed by atoms with Gasteiger partial charge in [-0.1, -0.05) is 12.1 Å². The fraction of sp³-hybridized carbons (Fsp3) is 0.529. The first-order valence-corrected chi connectivity index (χ1v) is 8.06. The fourth-order valence-corrected chi connectivity index (χ4v) is 3.44. The van der Waals surface area contributed by atoms with Gasteiger partial charge in [0, 0.05) is 26.1 Å². The molecule has 2 N–H and O–H groups in total. The number of methoxy groups -OCH3 is 1. The summed E-state index contributed by atoms with van der Waals surface area (Å²) in [4.78, 5) is 28.6. The zero-order valence-electron chi connectivity index (χ0n) is 13.8. The third-order valence-corrected chi connectivity index (χ3v) is 4.78. The highest BCUT2D eigenvalue weighted by atomic mass is 35.5. The number of benzene rings is 1. The Kier molecular flexibility index (Phi) is 6.07. The van der Waals surface area contributed by atoms with Crippen molar-refractivity contribution in [1.82, 2.24) is 4.90 Å². The first kappa shape index (κ1) is 18.5. The van der Waals surface area contributed by atoms with Crippen LogP contribution in [0.1, 0.15) is 12.8 Å². The Hall–Kier alpha value is -1.79. The number of halogens is 1. The molecule has 3 rings (SSSR count). The van der Waals surface area contributed by atoms with Crippen LogP contribution in [0.5, 0.6) is 5.75 Å². The molecule has 2 aliphatic rings. The van der Waals surface area contributed by atoms with Crippen molar-refractivity contribution < 1.29 is 14.3 Å². The molecule has 2 aliphatic heterocycles. The lowest BCUT2D eigenvalue weighted by Crippen LogP contribution is -2.36. The van der Waals surface area contributed by atoms with Crippen molar-refractivity contribution >= 4 is 29.9 Å². The first-order valence-electron chi connectivity index (χ1n) is 8.06. The molecular formula is C17H24ClN3O3. The van der Waals surface area contributed by atoms with Crippen LogP contribution in [0.25, 0.3) is 0 Å². The normalized spacial score (nSPS) is 23.3. The van der Waals surface area contributed by atoms with E-state index in [9.17, 15) is 9.59 Å². The predicted molar refractivity (Wildman–Crippen MR) is 94.4 cm³/mol. The molecule has 2 amide bonds. The summed E-state index contributed by atoms with van der Waals surface area (Å²) in [5, 5.41) is 0. The maximum Gasteiger partial charge on any atom is 0.228 e. The lowest BCUT2D eigenvalue weighted by Gasteiger charge is -2.22. The smallest absolute Gasteiger partial charge is 0.228 e. The van der Waals surface area contributed by atoms with Gasteiger partial charge in [0.15, 0.2) is 0 Å². The summed E-state index contributed by atoms with van der Waals surface area (Å²) >= 11 is 0. The topological polar surface area (TPSA) is 75.9 Å². The van der Waals surface area contributed by atoms with Gasteiger partial charge in [-0.15, -0.1) is 12.4 Å². The maximum atomic E-state index is 12.7. The second-order valence-corrected chi connectivity index (χ2v) is 6.25. The largest absolute Gasteiger partial charge is 0.495 e. The summed E-state index contributed by atoms with van der Waals surface area (Å²) in [6, 6.07) is 7.41. The molecule has 0 aliphatic carbocycles. The van der Waals surface area contributed by atoms with Crippen LogP contribution in [0.3, 0.4) is 0 Å². The number of likely N-dealkylation sites (tertiary alicyclic amines) is 1. The molecule has 0 radical (unpaired) electrons. The Bertz CT molecular complexity index is 610. The van der Waals surface area contributed by atoms with Gasteiger partial charge < -0.3 is 20.3 Å². The fourth-order valence-electron chi connectivity index (χ4n) is 3.44. The van der Waals surface area contributed by atoms with Gasteiger partial charge in [-0.05, 0) is 31.0 Å². The van der Waals surface area contributed by atoms with Crippen molar-refractivity contribution in [2.45, 2.75) is 12.8 Å². The van der Waals surface area contributed by atoms with E-state index in [2.05, 4.69) is 0 Å². The highest BCUT2D eigenvalue weighted by Gasteiger charge is 2.39. The van der Waals surface area contributed by atoms with Crippen molar-refractivity contribution in [3.05, 3.63) is 24.3 Å². The predicted octanol–water partition coefficient (Wildman–Crippen LogP) is 1.28. The summed E-state index contributed by atoms with van der Waals surface area (Å²) in [5.41, 5.74) is 6.42. The van der Waals surface area contributed by atoms with E-state index in [0.29, 0.717) is 31.3 Å². The van der Waals surface area contributed by atoms with Crippen molar-refractivity contribution in [1.29, 1.82) is 0 Å². The summed E-state index contributed by atoms with van der Waals surface area (Å²) in [6.45, 7) is 2.50. The molecule has 2 saturated heterocycles. The highest BCUT2D eigenvalue weighted by Crippen LogP contribution is 2.33. The molecule has 1 aromatic rings. The monoisotopic (exact) mass is 353 g/mol. The molecule has 0 spiro atoms. The third-order valence-electron chi connectivity index (χ3n) is 4.78. The van der Waals surface area contributed by atoms with Crippen molar-refractivity contribution in [3.8, 4) is 5.75 Å². The van der Waals surface area contributed by atoms with Crippen LogP contribution >= 0.6 is 12.4 Å². The average Bonchev–Trinajstić information content (AvgIpc) is 3.20. The standard InChI is InChI=1S/C17H23N3O3.ClH/c1-23-15-5-3-2-4-14(15)20-11-13(8-16(20)21)17(22)19-7-6-12(9-18)10-19;/h2-5,12-13H,6-11,18H2,1H3;1H. The van der Waals surface area contributed by atoms with E-state index >= 15 is 0 Å². The molecule has 2 atom stereocenters. The van der Waals surface area contributed by atoms with Crippen LogP contribution in [-0.2, 0) is 9.59 Å². The summed E-state index contributed by atoms with van der Waals surface area (Å²) in [6.07, 6.45) is 1.22. The van der Waals surface area contributed by atoms with Gasteiger partial charge >= 0.3 is 0 Å². The van der Waals surface area contributed by atoms with Gasteiger partial charge in [0.1, 0.15) is 5.75 Å². The highest BCUT2D eigenvalue weighted by molar-refractivity contribution is 6.01. The molecule has 0 saturated carbocycles. The second-order valence-electron chi connectivity index (χ2n) is 6.25. The molecule has 0 aromatic heterocycles. The molecule has 6 nitrogen and oxygen atoms in total. The Labute approximate surface area is 148 Å². The van der Waals surface area contributed by atoms with Gasteiger partial charge in [-0.3, -0.25) is 9.59 Å². The summed E-state index contributed by atoms with van der Waals surface area (Å²) in [5.74, 6) is 0.817. The van der Waals surface area contributed by atoms with E-state index in [4.69, 9.17) is 10.5 Å². The molecule has 2 unspecified atom stereocenters. The summed E-state index contributed by atoms with van der Waals surface area (Å²) < 4.78 is 5.33. The molecule has 0 bridgehead atoms. The van der Waals surface area contributed by atoms with Crippen molar-refractivity contribution in [3.63, 3.8) is 0 Å². The molecular weight excluding hydrogens is 330 g/mol. The minimum atomic E-state index is -0.274. The van der Waals surface area contributed by atoms with Crippen LogP contribution in [0.15, 0.2) is 24.3 Å². The van der Waals surface area contributed by atoms with E-state index in [1.165, 1.54) is 0 Å². The third kappa shape index (κ3) is 3.49. The Morgan fingerprint density at radius 1 is 1.33 bits per heavy atom. The Morgan fingerprint density at radius 2 is 2.08 bits per heavy atom. The average molecular weight is 354 g/mol. The van der Waals surface area contributed by atoms with Gasteiger partial charge in [0.25, 0.3) is 0 Å². The Balaban J connectivity index is 0.00000208. The molecule has 2 fully saturated rings. The number of anilines is 1. The molecule has 2 heterocycles. The van der Waals surface area contributed by atoms with Crippen LogP contribution in [0, 0.1) is 11.8 Å². The van der Waals surface area contributed by atoms with E-state index < -0.39 is 0 Å². The van der Waals surface area contributed by atoms with Crippen molar-refractivity contribution in [2.24, 2.45) is 17.6 Å². The number of para-hydroxylation sites is 2. The van der Waals surface area contributed by atoms with E-state index in [0.717, 1.165) is 18.7 Å². The van der Waals surface area contributed by atoms with Crippen LogP contribution < -0.4 is 15.4 Å². The zero-order valence-corrected chi connectivity index (χ0v) is 14.6. The quantitative estimate of drug-likeness (QED) is 0.884. The van der Waals surface area contributed by atoms with Crippen LogP contribution in [-0.4, -0.2) is 50.0 Å². The molecule has 7 heteroatoms. The maximum absolute atomic E-state index is 12.7.